The lowest BCUT2D eigenvalue weighted by Crippen LogP contribution is -2.46. The highest BCUT2D eigenvalue weighted by atomic mass is 32.2. The summed E-state index contributed by atoms with van der Waals surface area (Å²) in [6.07, 6.45) is 0. The summed E-state index contributed by atoms with van der Waals surface area (Å²) in [6, 6.07) is 1.73. The Hall–Kier alpha value is -1.30. The van der Waals surface area contributed by atoms with Crippen LogP contribution in [-0.2, 0) is 0 Å². The van der Waals surface area contributed by atoms with E-state index in [-0.39, 0.29) is 21.9 Å². The van der Waals surface area contributed by atoms with Gasteiger partial charge in [-0.3, -0.25) is 4.79 Å². The molecule has 1 fully saturated rings. The van der Waals surface area contributed by atoms with Crippen molar-refractivity contribution in [1.29, 1.82) is 0 Å². The Morgan fingerprint density at radius 3 is 2.63 bits per heavy atom. The molecule has 0 spiro atoms. The minimum atomic E-state index is -1.05. The van der Waals surface area contributed by atoms with Gasteiger partial charge in [0.2, 0.25) is 0 Å². The van der Waals surface area contributed by atoms with E-state index in [4.69, 9.17) is 5.73 Å². The van der Waals surface area contributed by atoms with Gasteiger partial charge in [-0.15, -0.1) is 0 Å². The average molecular weight is 286 g/mol. The minimum Gasteiger partial charge on any atom is -0.398 e. The van der Waals surface area contributed by atoms with Gasteiger partial charge >= 0.3 is 0 Å². The fraction of sp³-hybridized carbons (Fsp3) is 0.462. The molecule has 0 bridgehead atoms. The number of nitrogen functional groups attached to an aromatic ring is 1. The third-order valence-corrected chi connectivity index (χ3v) is 4.33. The van der Waals surface area contributed by atoms with Gasteiger partial charge in [0.15, 0.2) is 11.6 Å². The second-order valence-corrected chi connectivity index (χ2v) is 6.99. The molecule has 0 aromatic heterocycles. The fourth-order valence-electron chi connectivity index (χ4n) is 2.11. The molecule has 1 saturated heterocycles. The van der Waals surface area contributed by atoms with E-state index in [0.717, 1.165) is 17.9 Å². The first kappa shape index (κ1) is 14.1. The van der Waals surface area contributed by atoms with Crippen molar-refractivity contribution < 1.29 is 13.6 Å². The van der Waals surface area contributed by atoms with Crippen molar-refractivity contribution in [3.63, 3.8) is 0 Å². The summed E-state index contributed by atoms with van der Waals surface area (Å²) in [5, 5.41) is 0. The maximum atomic E-state index is 13.2. The van der Waals surface area contributed by atoms with Gasteiger partial charge in [-0.2, -0.15) is 11.8 Å². The number of hydrogen-bond donors (Lipinski definition) is 1. The van der Waals surface area contributed by atoms with Crippen molar-refractivity contribution >= 4 is 23.4 Å². The van der Waals surface area contributed by atoms with Crippen LogP contribution in [0.2, 0.25) is 0 Å². The maximum Gasteiger partial charge on any atom is 0.256 e. The zero-order valence-corrected chi connectivity index (χ0v) is 11.7. The zero-order valence-electron chi connectivity index (χ0n) is 10.9. The van der Waals surface area contributed by atoms with E-state index in [9.17, 15) is 13.6 Å². The summed E-state index contributed by atoms with van der Waals surface area (Å²) in [7, 11) is 0. The van der Waals surface area contributed by atoms with Crippen molar-refractivity contribution in [2.75, 3.05) is 24.6 Å². The van der Waals surface area contributed by atoms with Crippen LogP contribution in [0.25, 0.3) is 0 Å². The number of hydrogen-bond acceptors (Lipinski definition) is 3. The standard InChI is InChI=1S/C13H16F2N2OS/c1-13(2)7-17(3-4-19-13)12(18)8-5-9(14)10(15)6-11(8)16/h5-6H,3-4,7,16H2,1-2H3. The molecule has 19 heavy (non-hydrogen) atoms. The first-order valence-corrected chi connectivity index (χ1v) is 6.96. The number of nitrogens with two attached hydrogens (primary N) is 1. The lowest BCUT2D eigenvalue weighted by molar-refractivity contribution is 0.0748. The predicted molar refractivity (Wildman–Crippen MR) is 73.2 cm³/mol. The Morgan fingerprint density at radius 1 is 1.37 bits per heavy atom. The van der Waals surface area contributed by atoms with E-state index in [2.05, 4.69) is 0 Å². The summed E-state index contributed by atoms with van der Waals surface area (Å²) in [5.74, 6) is -1.61. The normalized spacial score (nSPS) is 18.4. The van der Waals surface area contributed by atoms with Crippen molar-refractivity contribution in [3.8, 4) is 0 Å². The predicted octanol–water partition coefficient (Wildman–Crippen LogP) is 2.51. The van der Waals surface area contributed by atoms with Crippen LogP contribution in [0.5, 0.6) is 0 Å². The van der Waals surface area contributed by atoms with Gasteiger partial charge in [-0.05, 0) is 19.9 Å². The zero-order chi connectivity index (χ0) is 14.2. The molecular formula is C13H16F2N2OS. The second kappa shape index (κ2) is 5.00. The number of carbonyl (C=O) groups is 1. The van der Waals surface area contributed by atoms with Crippen LogP contribution in [0, 0.1) is 11.6 Å². The molecule has 1 aliphatic heterocycles. The molecule has 0 unspecified atom stereocenters. The quantitative estimate of drug-likeness (QED) is 0.807. The Balaban J connectivity index is 2.27. The van der Waals surface area contributed by atoms with Gasteiger partial charge in [0.05, 0.1) is 5.56 Å². The molecule has 104 valence electrons. The summed E-state index contributed by atoms with van der Waals surface area (Å²) in [5.41, 5.74) is 5.61. The lowest BCUT2D eigenvalue weighted by Gasteiger charge is -2.37. The first-order valence-electron chi connectivity index (χ1n) is 5.98. The highest BCUT2D eigenvalue weighted by Gasteiger charge is 2.31. The number of halogens is 2. The number of nitrogens with zero attached hydrogens (tertiary/aromatic N) is 1. The van der Waals surface area contributed by atoms with E-state index in [1.165, 1.54) is 0 Å². The number of rotatable bonds is 1. The number of carbonyl (C=O) groups excluding carboxylic acids is 1. The Bertz CT molecular complexity index is 520. The molecule has 0 saturated carbocycles. The highest BCUT2D eigenvalue weighted by molar-refractivity contribution is 8.00. The van der Waals surface area contributed by atoms with Crippen molar-refractivity contribution in [2.24, 2.45) is 0 Å². The smallest absolute Gasteiger partial charge is 0.256 e. The van der Waals surface area contributed by atoms with Crippen LogP contribution in [0.3, 0.4) is 0 Å². The molecule has 0 aliphatic carbocycles. The fourth-order valence-corrected chi connectivity index (χ4v) is 3.22. The van der Waals surface area contributed by atoms with Gasteiger partial charge < -0.3 is 10.6 Å². The molecule has 2 N–H and O–H groups in total. The molecule has 2 rings (SSSR count). The molecular weight excluding hydrogens is 270 g/mol. The number of anilines is 1. The molecule has 3 nitrogen and oxygen atoms in total. The van der Waals surface area contributed by atoms with E-state index in [0.29, 0.717) is 13.1 Å². The van der Waals surface area contributed by atoms with Crippen LogP contribution in [0.15, 0.2) is 12.1 Å². The molecule has 1 heterocycles. The third-order valence-electron chi connectivity index (χ3n) is 3.04. The largest absolute Gasteiger partial charge is 0.398 e. The SMILES string of the molecule is CC1(C)CN(C(=O)c2cc(F)c(F)cc2N)CCS1. The maximum absolute atomic E-state index is 13.2. The Morgan fingerprint density at radius 2 is 2.00 bits per heavy atom. The van der Waals surface area contributed by atoms with Crippen LogP contribution >= 0.6 is 11.8 Å². The molecule has 1 aromatic carbocycles. The molecule has 0 atom stereocenters. The molecule has 1 aromatic rings. The monoisotopic (exact) mass is 286 g/mol. The van der Waals surface area contributed by atoms with Crippen LogP contribution < -0.4 is 5.73 Å². The summed E-state index contributed by atoms with van der Waals surface area (Å²) < 4.78 is 26.2. The van der Waals surface area contributed by atoms with Crippen molar-refractivity contribution in [2.45, 2.75) is 18.6 Å². The van der Waals surface area contributed by atoms with Crippen molar-refractivity contribution in [1.82, 2.24) is 4.90 Å². The number of benzene rings is 1. The summed E-state index contributed by atoms with van der Waals surface area (Å²) >= 11 is 1.79. The Labute approximate surface area is 115 Å². The second-order valence-electron chi connectivity index (χ2n) is 5.19. The average Bonchev–Trinajstić information content (AvgIpc) is 2.31. The number of thioether (sulfide) groups is 1. The topological polar surface area (TPSA) is 46.3 Å². The van der Waals surface area contributed by atoms with Gasteiger partial charge in [0.1, 0.15) is 0 Å². The molecule has 0 radical (unpaired) electrons. The van der Waals surface area contributed by atoms with Gasteiger partial charge in [-0.1, -0.05) is 0 Å². The molecule has 1 amide bonds. The van der Waals surface area contributed by atoms with E-state index >= 15 is 0 Å². The van der Waals surface area contributed by atoms with Crippen LogP contribution in [0.4, 0.5) is 14.5 Å². The van der Waals surface area contributed by atoms with Crippen LogP contribution in [0.1, 0.15) is 24.2 Å². The van der Waals surface area contributed by atoms with Crippen LogP contribution in [-0.4, -0.2) is 34.4 Å². The minimum absolute atomic E-state index is 0.0278. The summed E-state index contributed by atoms with van der Waals surface area (Å²) in [4.78, 5) is 14.0. The van der Waals surface area contributed by atoms with E-state index in [1.807, 2.05) is 13.8 Å². The first-order chi connectivity index (χ1) is 8.80. The van der Waals surface area contributed by atoms with Gasteiger partial charge in [0.25, 0.3) is 5.91 Å². The third kappa shape index (κ3) is 3.00. The van der Waals surface area contributed by atoms with Crippen molar-refractivity contribution in [3.05, 3.63) is 29.3 Å². The molecule has 1 aliphatic rings. The Kier molecular flexibility index (Phi) is 3.71. The van der Waals surface area contributed by atoms with E-state index in [1.54, 1.807) is 16.7 Å². The molecule has 6 heteroatoms. The lowest BCUT2D eigenvalue weighted by atomic mass is 10.1. The highest BCUT2D eigenvalue weighted by Crippen LogP contribution is 2.31. The van der Waals surface area contributed by atoms with Gasteiger partial charge in [-0.25, -0.2) is 8.78 Å². The van der Waals surface area contributed by atoms with E-state index < -0.39 is 11.6 Å². The number of amides is 1. The van der Waals surface area contributed by atoms with Gasteiger partial charge in [0, 0.05) is 35.3 Å². The summed E-state index contributed by atoms with van der Waals surface area (Å²) in [6.45, 7) is 5.25.